The van der Waals surface area contributed by atoms with E-state index >= 15 is 0 Å². The van der Waals surface area contributed by atoms with Gasteiger partial charge < -0.3 is 10.4 Å². The predicted octanol–water partition coefficient (Wildman–Crippen LogP) is -0.843. The standard InChI is InChI=1S/C7H10N2O5/c1-3(10)5(8-2)4(7(12)13)6(11)9-14/h4-5,8H,1-2H3,(H,12,13). The summed E-state index contributed by atoms with van der Waals surface area (Å²) in [6.45, 7) is 1.12. The molecule has 2 unspecified atom stereocenters. The third kappa shape index (κ3) is 2.70. The van der Waals surface area contributed by atoms with E-state index in [1.807, 2.05) is 5.18 Å². The second-order valence-electron chi connectivity index (χ2n) is 2.62. The van der Waals surface area contributed by atoms with Crippen LogP contribution in [-0.4, -0.2) is 35.9 Å². The Morgan fingerprint density at radius 3 is 2.07 bits per heavy atom. The number of carboxylic acids is 1. The lowest BCUT2D eigenvalue weighted by molar-refractivity contribution is -0.149. The third-order valence-electron chi connectivity index (χ3n) is 1.70. The van der Waals surface area contributed by atoms with Gasteiger partial charge in [-0.05, 0) is 14.0 Å². The van der Waals surface area contributed by atoms with Crippen LogP contribution in [-0.2, 0) is 14.4 Å². The summed E-state index contributed by atoms with van der Waals surface area (Å²) in [5, 5.41) is 13.0. The fraction of sp³-hybridized carbons (Fsp3) is 0.571. The number of aliphatic carboxylic acids is 1. The average Bonchev–Trinajstić information content (AvgIpc) is 2.11. The molecule has 0 aromatic heterocycles. The average molecular weight is 202 g/mol. The summed E-state index contributed by atoms with van der Waals surface area (Å²) < 4.78 is 0. The Balaban J connectivity index is 4.97. The van der Waals surface area contributed by atoms with Crippen molar-refractivity contribution < 1.29 is 19.5 Å². The third-order valence-corrected chi connectivity index (χ3v) is 1.70. The van der Waals surface area contributed by atoms with Gasteiger partial charge in [0.25, 0.3) is 0 Å². The Kier molecular flexibility index (Phi) is 4.57. The van der Waals surface area contributed by atoms with Crippen LogP contribution in [0.5, 0.6) is 0 Å². The molecule has 0 aliphatic rings. The summed E-state index contributed by atoms with van der Waals surface area (Å²) in [7, 11) is 1.32. The second-order valence-corrected chi connectivity index (χ2v) is 2.62. The van der Waals surface area contributed by atoms with Crippen molar-refractivity contribution in [2.75, 3.05) is 7.05 Å². The highest BCUT2D eigenvalue weighted by molar-refractivity contribution is 6.03. The number of hydrogen-bond acceptors (Lipinski definition) is 5. The molecule has 7 nitrogen and oxygen atoms in total. The maximum absolute atomic E-state index is 10.9. The lowest BCUT2D eigenvalue weighted by atomic mass is 9.96. The number of Topliss-reactive ketones (excluding diaryl/α,β-unsaturated/α-hetero) is 1. The second kappa shape index (κ2) is 5.18. The van der Waals surface area contributed by atoms with Gasteiger partial charge in [-0.2, -0.15) is 0 Å². The summed E-state index contributed by atoms with van der Waals surface area (Å²) in [5.74, 6) is -5.22. The molecule has 0 aliphatic heterocycles. The number of amides is 1. The zero-order valence-corrected chi connectivity index (χ0v) is 7.68. The van der Waals surface area contributed by atoms with Crippen LogP contribution in [0.25, 0.3) is 0 Å². The SMILES string of the molecule is CNC(C(C)=O)C(C(=O)O)C(=O)N=O. The smallest absolute Gasteiger partial charge is 0.318 e. The van der Waals surface area contributed by atoms with Crippen LogP contribution in [0.15, 0.2) is 5.18 Å². The van der Waals surface area contributed by atoms with Crippen molar-refractivity contribution in [3.63, 3.8) is 0 Å². The molecule has 7 heteroatoms. The number of nitrogens with one attached hydrogen (secondary N) is 1. The van der Waals surface area contributed by atoms with Crippen LogP contribution >= 0.6 is 0 Å². The topological polar surface area (TPSA) is 113 Å². The van der Waals surface area contributed by atoms with Crippen LogP contribution in [0.1, 0.15) is 6.92 Å². The summed E-state index contributed by atoms with van der Waals surface area (Å²) in [4.78, 5) is 42.2. The molecule has 14 heavy (non-hydrogen) atoms. The fourth-order valence-corrected chi connectivity index (χ4v) is 1.05. The first-order valence-electron chi connectivity index (χ1n) is 3.73. The van der Waals surface area contributed by atoms with Crippen LogP contribution in [0.3, 0.4) is 0 Å². The molecule has 0 bridgehead atoms. The minimum Gasteiger partial charge on any atom is -0.481 e. The van der Waals surface area contributed by atoms with Gasteiger partial charge in [-0.3, -0.25) is 14.4 Å². The van der Waals surface area contributed by atoms with Crippen molar-refractivity contribution in [1.82, 2.24) is 5.32 Å². The lowest BCUT2D eigenvalue weighted by Crippen LogP contribution is -2.46. The maximum atomic E-state index is 10.9. The Hall–Kier alpha value is -1.63. The van der Waals surface area contributed by atoms with Crippen LogP contribution in [0, 0.1) is 10.8 Å². The Morgan fingerprint density at radius 1 is 1.36 bits per heavy atom. The number of rotatable bonds is 5. The molecule has 0 heterocycles. The molecule has 0 aromatic rings. The molecule has 78 valence electrons. The first kappa shape index (κ1) is 12.4. The molecule has 2 N–H and O–H groups in total. The van der Waals surface area contributed by atoms with Gasteiger partial charge in [0.1, 0.15) is 5.78 Å². The molecule has 0 radical (unpaired) electrons. The van der Waals surface area contributed by atoms with E-state index in [9.17, 15) is 19.3 Å². The molecule has 0 fully saturated rings. The van der Waals surface area contributed by atoms with Crippen molar-refractivity contribution in [2.24, 2.45) is 11.1 Å². The Bertz CT molecular complexity index is 275. The van der Waals surface area contributed by atoms with E-state index in [-0.39, 0.29) is 0 Å². The number of nitroso groups, excluding NO2 is 1. The first-order chi connectivity index (χ1) is 6.45. The van der Waals surface area contributed by atoms with E-state index in [0.717, 1.165) is 6.92 Å². The number of nitrogens with zero attached hydrogens (tertiary/aromatic N) is 1. The molecule has 0 rings (SSSR count). The normalized spacial score (nSPS) is 14.1. The van der Waals surface area contributed by atoms with E-state index in [4.69, 9.17) is 5.11 Å². The van der Waals surface area contributed by atoms with Crippen molar-refractivity contribution in [1.29, 1.82) is 0 Å². The van der Waals surface area contributed by atoms with Gasteiger partial charge >= 0.3 is 11.9 Å². The summed E-state index contributed by atoms with van der Waals surface area (Å²) >= 11 is 0. The van der Waals surface area contributed by atoms with Gasteiger partial charge in [0.2, 0.25) is 0 Å². The van der Waals surface area contributed by atoms with E-state index in [1.54, 1.807) is 0 Å². The Labute approximate surface area is 79.5 Å². The number of likely N-dealkylation sites (N-methyl/N-ethyl adjacent to an activating group) is 1. The van der Waals surface area contributed by atoms with Crippen molar-refractivity contribution in [3.8, 4) is 0 Å². The minimum absolute atomic E-state index is 0.545. The van der Waals surface area contributed by atoms with E-state index in [2.05, 4.69) is 5.32 Å². The van der Waals surface area contributed by atoms with E-state index in [1.165, 1.54) is 7.05 Å². The van der Waals surface area contributed by atoms with E-state index < -0.39 is 29.6 Å². The maximum Gasteiger partial charge on any atom is 0.318 e. The van der Waals surface area contributed by atoms with Crippen molar-refractivity contribution in [2.45, 2.75) is 13.0 Å². The molecule has 1 amide bonds. The fourth-order valence-electron chi connectivity index (χ4n) is 1.05. The molecule has 0 saturated heterocycles. The molecule has 0 spiro atoms. The predicted molar refractivity (Wildman–Crippen MR) is 45.5 cm³/mol. The van der Waals surface area contributed by atoms with Gasteiger partial charge in [0.15, 0.2) is 5.92 Å². The molecular formula is C7H10N2O5. The van der Waals surface area contributed by atoms with Gasteiger partial charge in [0.05, 0.1) is 6.04 Å². The highest BCUT2D eigenvalue weighted by atomic mass is 16.4. The van der Waals surface area contributed by atoms with Gasteiger partial charge in [-0.25, -0.2) is 0 Å². The molecule has 2 atom stereocenters. The number of hydrogen-bond donors (Lipinski definition) is 2. The number of ketones is 1. The van der Waals surface area contributed by atoms with Crippen LogP contribution < -0.4 is 5.32 Å². The van der Waals surface area contributed by atoms with Crippen molar-refractivity contribution >= 4 is 17.7 Å². The summed E-state index contributed by atoms with van der Waals surface area (Å²) in [6.07, 6.45) is 0. The van der Waals surface area contributed by atoms with Crippen molar-refractivity contribution in [3.05, 3.63) is 4.91 Å². The summed E-state index contributed by atoms with van der Waals surface area (Å²) in [6, 6.07) is -1.22. The number of carbonyl (C=O) groups excluding carboxylic acids is 2. The van der Waals surface area contributed by atoms with Crippen LogP contribution in [0.4, 0.5) is 0 Å². The summed E-state index contributed by atoms with van der Waals surface area (Å²) in [5.41, 5.74) is 0. The molecular weight excluding hydrogens is 192 g/mol. The largest absolute Gasteiger partial charge is 0.481 e. The number of carboxylic acid groups (broad SMARTS) is 1. The zero-order chi connectivity index (χ0) is 11.3. The first-order valence-corrected chi connectivity index (χ1v) is 3.73. The van der Waals surface area contributed by atoms with Gasteiger partial charge in [-0.15, -0.1) is 4.91 Å². The molecule has 0 aromatic carbocycles. The monoisotopic (exact) mass is 202 g/mol. The quantitative estimate of drug-likeness (QED) is 0.443. The highest BCUT2D eigenvalue weighted by Crippen LogP contribution is 2.08. The highest BCUT2D eigenvalue weighted by Gasteiger charge is 2.37. The zero-order valence-electron chi connectivity index (χ0n) is 7.68. The lowest BCUT2D eigenvalue weighted by Gasteiger charge is -2.16. The van der Waals surface area contributed by atoms with Crippen LogP contribution in [0.2, 0.25) is 0 Å². The number of carbonyl (C=O) groups is 3. The minimum atomic E-state index is -1.75. The van der Waals surface area contributed by atoms with E-state index in [0.29, 0.717) is 0 Å². The Morgan fingerprint density at radius 2 is 1.86 bits per heavy atom. The molecule has 0 saturated carbocycles. The molecule has 0 aliphatic carbocycles. The van der Waals surface area contributed by atoms with Gasteiger partial charge in [-0.1, -0.05) is 0 Å². The van der Waals surface area contributed by atoms with Gasteiger partial charge in [0, 0.05) is 5.18 Å².